The lowest BCUT2D eigenvalue weighted by Crippen LogP contribution is -2.55. The standard InChI is InChI=1S/C15H26N2O2/c1-6-8-11(7-2)16-12-9-13(10-12)17-14(18)19-15(3,4)5/h1,11-13,16H,7-10H2,2-5H3,(H,17,18). The molecule has 19 heavy (non-hydrogen) atoms. The average Bonchev–Trinajstić information content (AvgIpc) is 2.22. The number of ether oxygens (including phenoxy) is 1. The van der Waals surface area contributed by atoms with Crippen LogP contribution in [0.4, 0.5) is 4.79 Å². The van der Waals surface area contributed by atoms with Gasteiger partial charge in [0.05, 0.1) is 0 Å². The fourth-order valence-corrected chi connectivity index (χ4v) is 2.14. The molecule has 2 N–H and O–H groups in total. The second kappa shape index (κ2) is 6.81. The fraction of sp³-hybridized carbons (Fsp3) is 0.800. The molecule has 1 unspecified atom stereocenters. The molecule has 0 bridgehead atoms. The van der Waals surface area contributed by atoms with Crippen LogP contribution in [0.5, 0.6) is 0 Å². The maximum Gasteiger partial charge on any atom is 0.407 e. The highest BCUT2D eigenvalue weighted by Crippen LogP contribution is 2.22. The molecule has 1 amide bonds. The van der Waals surface area contributed by atoms with Gasteiger partial charge in [0, 0.05) is 24.5 Å². The molecule has 0 spiro atoms. The first-order valence-electron chi connectivity index (χ1n) is 7.03. The highest BCUT2D eigenvalue weighted by Gasteiger charge is 2.32. The van der Waals surface area contributed by atoms with Crippen LogP contribution in [0.3, 0.4) is 0 Å². The molecule has 4 nitrogen and oxygen atoms in total. The summed E-state index contributed by atoms with van der Waals surface area (Å²) >= 11 is 0. The third kappa shape index (κ3) is 5.98. The quantitative estimate of drug-likeness (QED) is 0.751. The number of carbonyl (C=O) groups is 1. The second-order valence-electron chi connectivity index (χ2n) is 6.19. The summed E-state index contributed by atoms with van der Waals surface area (Å²) in [7, 11) is 0. The zero-order chi connectivity index (χ0) is 14.5. The molecule has 1 fully saturated rings. The van der Waals surface area contributed by atoms with Crippen LogP contribution in [0, 0.1) is 12.3 Å². The van der Waals surface area contributed by atoms with Crippen LogP contribution in [-0.4, -0.2) is 29.8 Å². The SMILES string of the molecule is C#CCC(CC)NC1CC(NC(=O)OC(C)(C)C)C1. The lowest BCUT2D eigenvalue weighted by molar-refractivity contribution is 0.0463. The summed E-state index contributed by atoms with van der Waals surface area (Å²) in [4.78, 5) is 11.6. The van der Waals surface area contributed by atoms with E-state index < -0.39 is 5.60 Å². The molecule has 0 aromatic rings. The molecular weight excluding hydrogens is 240 g/mol. The number of hydrogen-bond donors (Lipinski definition) is 2. The first kappa shape index (κ1) is 15.8. The Morgan fingerprint density at radius 1 is 1.42 bits per heavy atom. The van der Waals surface area contributed by atoms with Crippen LogP contribution in [0.1, 0.15) is 53.4 Å². The van der Waals surface area contributed by atoms with Crippen molar-refractivity contribution in [2.24, 2.45) is 0 Å². The molecule has 1 atom stereocenters. The van der Waals surface area contributed by atoms with Gasteiger partial charge in [-0.15, -0.1) is 12.3 Å². The van der Waals surface area contributed by atoms with E-state index in [2.05, 4.69) is 23.5 Å². The number of carbonyl (C=O) groups excluding carboxylic acids is 1. The molecule has 1 saturated carbocycles. The highest BCUT2D eigenvalue weighted by atomic mass is 16.6. The van der Waals surface area contributed by atoms with Crippen LogP contribution in [0.25, 0.3) is 0 Å². The van der Waals surface area contributed by atoms with E-state index in [4.69, 9.17) is 11.2 Å². The molecule has 0 heterocycles. The number of amides is 1. The van der Waals surface area contributed by atoms with E-state index in [0.717, 1.165) is 25.7 Å². The number of terminal acetylenes is 1. The van der Waals surface area contributed by atoms with Crippen molar-refractivity contribution in [2.45, 2.75) is 77.1 Å². The Kier molecular flexibility index (Phi) is 5.68. The first-order valence-corrected chi connectivity index (χ1v) is 7.03. The molecule has 4 heteroatoms. The lowest BCUT2D eigenvalue weighted by atomic mass is 9.86. The van der Waals surface area contributed by atoms with E-state index in [1.54, 1.807) is 0 Å². The van der Waals surface area contributed by atoms with E-state index in [0.29, 0.717) is 12.1 Å². The number of rotatable bonds is 5. The van der Waals surface area contributed by atoms with Gasteiger partial charge < -0.3 is 15.4 Å². The Morgan fingerprint density at radius 2 is 2.05 bits per heavy atom. The van der Waals surface area contributed by atoms with Gasteiger partial charge in [0.2, 0.25) is 0 Å². The monoisotopic (exact) mass is 266 g/mol. The predicted octanol–water partition coefficient (Wildman–Crippen LogP) is 2.43. The minimum Gasteiger partial charge on any atom is -0.444 e. The molecule has 0 radical (unpaired) electrons. The lowest BCUT2D eigenvalue weighted by Gasteiger charge is -2.38. The van der Waals surface area contributed by atoms with Crippen molar-refractivity contribution in [2.75, 3.05) is 0 Å². The summed E-state index contributed by atoms with van der Waals surface area (Å²) in [5, 5.41) is 6.41. The van der Waals surface area contributed by atoms with Crippen molar-refractivity contribution >= 4 is 6.09 Å². The fourth-order valence-electron chi connectivity index (χ4n) is 2.14. The Balaban J connectivity index is 2.20. The van der Waals surface area contributed by atoms with Gasteiger partial charge in [0.15, 0.2) is 0 Å². The topological polar surface area (TPSA) is 50.4 Å². The Bertz CT molecular complexity index is 335. The van der Waals surface area contributed by atoms with Gasteiger partial charge in [-0.1, -0.05) is 6.92 Å². The van der Waals surface area contributed by atoms with Crippen LogP contribution >= 0.6 is 0 Å². The van der Waals surface area contributed by atoms with Crippen LogP contribution in [0.15, 0.2) is 0 Å². The first-order chi connectivity index (χ1) is 8.84. The molecule has 1 aliphatic carbocycles. The molecule has 108 valence electrons. The Labute approximate surface area is 116 Å². The van der Waals surface area contributed by atoms with Crippen molar-refractivity contribution < 1.29 is 9.53 Å². The van der Waals surface area contributed by atoms with Crippen molar-refractivity contribution in [1.29, 1.82) is 0 Å². The van der Waals surface area contributed by atoms with Gasteiger partial charge in [0.25, 0.3) is 0 Å². The van der Waals surface area contributed by atoms with E-state index in [1.807, 2.05) is 20.8 Å². The molecule has 0 aromatic heterocycles. The number of nitrogens with one attached hydrogen (secondary N) is 2. The number of alkyl carbamates (subject to hydrolysis) is 1. The highest BCUT2D eigenvalue weighted by molar-refractivity contribution is 5.68. The molecule has 1 aliphatic rings. The molecule has 0 saturated heterocycles. The summed E-state index contributed by atoms with van der Waals surface area (Å²) in [6.07, 6.45) is 8.68. The van der Waals surface area contributed by atoms with Crippen molar-refractivity contribution in [1.82, 2.24) is 10.6 Å². The smallest absolute Gasteiger partial charge is 0.407 e. The van der Waals surface area contributed by atoms with Gasteiger partial charge in [-0.05, 0) is 40.0 Å². The number of hydrogen-bond acceptors (Lipinski definition) is 3. The van der Waals surface area contributed by atoms with Crippen LogP contribution in [0.2, 0.25) is 0 Å². The van der Waals surface area contributed by atoms with Gasteiger partial charge in [-0.2, -0.15) is 0 Å². The summed E-state index contributed by atoms with van der Waals surface area (Å²) < 4.78 is 5.22. The maximum absolute atomic E-state index is 11.6. The van der Waals surface area contributed by atoms with Gasteiger partial charge >= 0.3 is 6.09 Å². The minimum atomic E-state index is -0.439. The van der Waals surface area contributed by atoms with E-state index in [1.165, 1.54) is 0 Å². The van der Waals surface area contributed by atoms with Crippen LogP contribution in [-0.2, 0) is 4.74 Å². The normalized spacial score (nSPS) is 23.9. The molecular formula is C15H26N2O2. The third-order valence-electron chi connectivity index (χ3n) is 3.19. The van der Waals surface area contributed by atoms with Crippen molar-refractivity contribution in [3.05, 3.63) is 0 Å². The van der Waals surface area contributed by atoms with Gasteiger partial charge in [-0.25, -0.2) is 4.79 Å². The van der Waals surface area contributed by atoms with Gasteiger partial charge in [-0.3, -0.25) is 0 Å². The van der Waals surface area contributed by atoms with Crippen LogP contribution < -0.4 is 10.6 Å². The minimum absolute atomic E-state index is 0.218. The largest absolute Gasteiger partial charge is 0.444 e. The summed E-state index contributed by atoms with van der Waals surface area (Å²) in [6, 6.07) is 1.06. The van der Waals surface area contributed by atoms with E-state index >= 15 is 0 Å². The van der Waals surface area contributed by atoms with Crippen molar-refractivity contribution in [3.63, 3.8) is 0 Å². The summed E-state index contributed by atoms with van der Waals surface area (Å²) in [6.45, 7) is 7.72. The summed E-state index contributed by atoms with van der Waals surface area (Å²) in [5.74, 6) is 2.69. The van der Waals surface area contributed by atoms with Crippen molar-refractivity contribution in [3.8, 4) is 12.3 Å². The maximum atomic E-state index is 11.6. The van der Waals surface area contributed by atoms with Gasteiger partial charge in [0.1, 0.15) is 5.60 Å². The predicted molar refractivity (Wildman–Crippen MR) is 76.8 cm³/mol. The zero-order valence-electron chi connectivity index (χ0n) is 12.5. The Morgan fingerprint density at radius 3 is 2.53 bits per heavy atom. The average molecular weight is 266 g/mol. The van der Waals surface area contributed by atoms with E-state index in [-0.39, 0.29) is 12.1 Å². The summed E-state index contributed by atoms with van der Waals surface area (Å²) in [5.41, 5.74) is -0.439. The zero-order valence-corrected chi connectivity index (χ0v) is 12.5. The van der Waals surface area contributed by atoms with E-state index in [9.17, 15) is 4.79 Å². The second-order valence-corrected chi connectivity index (χ2v) is 6.19. The molecule has 0 aliphatic heterocycles. The molecule has 1 rings (SSSR count). The Hall–Kier alpha value is -1.21. The third-order valence-corrected chi connectivity index (χ3v) is 3.19. The molecule has 0 aromatic carbocycles.